The molecule has 2 N–H and O–H groups in total. The molecule has 5 nitrogen and oxygen atoms in total. The molecule has 0 aliphatic heterocycles. The Morgan fingerprint density at radius 1 is 1.00 bits per heavy atom. The van der Waals surface area contributed by atoms with E-state index in [9.17, 15) is 0 Å². The average molecular weight is 259 g/mol. The first kappa shape index (κ1) is 13.3. The second kappa shape index (κ2) is 5.67. The summed E-state index contributed by atoms with van der Waals surface area (Å²) >= 11 is 0. The van der Waals surface area contributed by atoms with E-state index in [1.165, 1.54) is 0 Å². The lowest BCUT2D eigenvalue weighted by molar-refractivity contribution is 0.403. The molecular weight excluding hydrogens is 242 g/mol. The molecule has 0 radical (unpaired) electrons. The number of rotatable bonds is 4. The van der Waals surface area contributed by atoms with Crippen molar-refractivity contribution in [3.8, 4) is 17.5 Å². The van der Waals surface area contributed by atoms with Crippen LogP contribution >= 0.6 is 0 Å². The quantitative estimate of drug-likeness (QED) is 0.912. The Labute approximate surface area is 112 Å². The maximum absolute atomic E-state index is 5.67. The standard InChI is InChI=1S/C14H17N3O2/c1-9-4-10(2)17-14(16-9)19-13-6-11(8-15)5-12(7-13)18-3/h4-7H,8,15H2,1-3H3. The highest BCUT2D eigenvalue weighted by molar-refractivity contribution is 5.39. The fourth-order valence-corrected chi connectivity index (χ4v) is 1.77. The van der Waals surface area contributed by atoms with E-state index in [4.69, 9.17) is 15.2 Å². The maximum atomic E-state index is 5.67. The highest BCUT2D eigenvalue weighted by Gasteiger charge is 2.06. The lowest BCUT2D eigenvalue weighted by Crippen LogP contribution is -1.99. The third-order valence-corrected chi connectivity index (χ3v) is 2.58. The summed E-state index contributed by atoms with van der Waals surface area (Å²) in [4.78, 5) is 8.47. The van der Waals surface area contributed by atoms with Gasteiger partial charge in [0.15, 0.2) is 0 Å². The monoisotopic (exact) mass is 259 g/mol. The van der Waals surface area contributed by atoms with Gasteiger partial charge in [0, 0.05) is 24.0 Å². The van der Waals surface area contributed by atoms with Gasteiger partial charge in [-0.25, -0.2) is 9.97 Å². The fourth-order valence-electron chi connectivity index (χ4n) is 1.77. The van der Waals surface area contributed by atoms with Crippen molar-refractivity contribution in [2.75, 3.05) is 7.11 Å². The van der Waals surface area contributed by atoms with Gasteiger partial charge in [-0.2, -0.15) is 0 Å². The van der Waals surface area contributed by atoms with Crippen molar-refractivity contribution >= 4 is 0 Å². The van der Waals surface area contributed by atoms with Gasteiger partial charge in [-0.15, -0.1) is 0 Å². The lowest BCUT2D eigenvalue weighted by Gasteiger charge is -2.09. The Bertz CT molecular complexity index is 542. The fraction of sp³-hybridized carbons (Fsp3) is 0.286. The Morgan fingerprint density at radius 2 is 1.63 bits per heavy atom. The van der Waals surface area contributed by atoms with Crippen molar-refractivity contribution in [2.24, 2.45) is 5.73 Å². The average Bonchev–Trinajstić information content (AvgIpc) is 2.37. The summed E-state index contributed by atoms with van der Waals surface area (Å²) in [5.41, 5.74) is 8.30. The number of nitrogens with two attached hydrogens (primary N) is 1. The summed E-state index contributed by atoms with van der Waals surface area (Å²) in [6.45, 7) is 4.22. The molecule has 0 bridgehead atoms. The predicted octanol–water partition coefficient (Wildman–Crippen LogP) is 2.35. The highest BCUT2D eigenvalue weighted by atomic mass is 16.5. The summed E-state index contributed by atoms with van der Waals surface area (Å²) < 4.78 is 10.9. The molecule has 0 fully saturated rings. The molecule has 1 aromatic heterocycles. The van der Waals surface area contributed by atoms with Crippen molar-refractivity contribution in [1.29, 1.82) is 0 Å². The summed E-state index contributed by atoms with van der Waals surface area (Å²) in [7, 11) is 1.60. The Hall–Kier alpha value is -2.14. The van der Waals surface area contributed by atoms with Gasteiger partial charge >= 0.3 is 6.01 Å². The number of benzene rings is 1. The molecule has 0 aliphatic carbocycles. The van der Waals surface area contributed by atoms with Crippen LogP contribution in [-0.2, 0) is 6.54 Å². The second-order valence-corrected chi connectivity index (χ2v) is 4.26. The number of ether oxygens (including phenoxy) is 2. The van der Waals surface area contributed by atoms with Gasteiger partial charge in [0.25, 0.3) is 0 Å². The van der Waals surface area contributed by atoms with Crippen LogP contribution in [0.5, 0.6) is 17.5 Å². The van der Waals surface area contributed by atoms with Crippen LogP contribution in [0.4, 0.5) is 0 Å². The molecular formula is C14H17N3O2. The third kappa shape index (κ3) is 3.42. The third-order valence-electron chi connectivity index (χ3n) is 2.58. The van der Waals surface area contributed by atoms with E-state index in [2.05, 4.69) is 9.97 Å². The molecule has 0 saturated carbocycles. The van der Waals surface area contributed by atoms with E-state index < -0.39 is 0 Å². The Balaban J connectivity index is 2.31. The van der Waals surface area contributed by atoms with E-state index in [0.717, 1.165) is 17.0 Å². The normalized spacial score (nSPS) is 10.3. The van der Waals surface area contributed by atoms with Crippen LogP contribution in [0.3, 0.4) is 0 Å². The van der Waals surface area contributed by atoms with Gasteiger partial charge in [0.05, 0.1) is 7.11 Å². The molecule has 0 aliphatic rings. The largest absolute Gasteiger partial charge is 0.497 e. The van der Waals surface area contributed by atoms with E-state index in [1.807, 2.05) is 32.0 Å². The van der Waals surface area contributed by atoms with Crippen molar-refractivity contribution in [2.45, 2.75) is 20.4 Å². The van der Waals surface area contributed by atoms with Crippen LogP contribution in [0, 0.1) is 13.8 Å². The SMILES string of the molecule is COc1cc(CN)cc(Oc2nc(C)cc(C)n2)c1. The number of nitrogens with zero attached hydrogens (tertiary/aromatic N) is 2. The van der Waals surface area contributed by atoms with Crippen molar-refractivity contribution in [1.82, 2.24) is 9.97 Å². The molecule has 0 saturated heterocycles. The molecule has 0 unspecified atom stereocenters. The van der Waals surface area contributed by atoms with E-state index in [1.54, 1.807) is 13.2 Å². The highest BCUT2D eigenvalue weighted by Crippen LogP contribution is 2.25. The number of aryl methyl sites for hydroxylation is 2. The van der Waals surface area contributed by atoms with E-state index >= 15 is 0 Å². The zero-order chi connectivity index (χ0) is 13.8. The molecule has 0 atom stereocenters. The van der Waals surface area contributed by atoms with Crippen molar-refractivity contribution < 1.29 is 9.47 Å². The van der Waals surface area contributed by atoms with Gasteiger partial charge in [-0.3, -0.25) is 0 Å². The minimum atomic E-state index is 0.328. The Kier molecular flexibility index (Phi) is 3.97. The van der Waals surface area contributed by atoms with Crippen LogP contribution in [-0.4, -0.2) is 17.1 Å². The molecule has 100 valence electrons. The first-order valence-corrected chi connectivity index (χ1v) is 5.99. The number of hydrogen-bond donors (Lipinski definition) is 1. The summed E-state index contributed by atoms with van der Waals surface area (Å²) in [6, 6.07) is 7.72. The summed E-state index contributed by atoms with van der Waals surface area (Å²) in [5, 5.41) is 0. The smallest absolute Gasteiger partial charge is 0.322 e. The van der Waals surface area contributed by atoms with Gasteiger partial charge in [-0.05, 0) is 37.6 Å². The molecule has 19 heavy (non-hydrogen) atoms. The topological polar surface area (TPSA) is 70.3 Å². The Morgan fingerprint density at radius 3 is 2.21 bits per heavy atom. The van der Waals surface area contributed by atoms with Crippen LogP contribution in [0.1, 0.15) is 17.0 Å². The molecule has 0 spiro atoms. The number of methoxy groups -OCH3 is 1. The van der Waals surface area contributed by atoms with Crippen LogP contribution < -0.4 is 15.2 Å². The molecule has 0 amide bonds. The summed E-state index contributed by atoms with van der Waals surface area (Å²) in [6.07, 6.45) is 0. The van der Waals surface area contributed by atoms with Gasteiger partial charge in [0.1, 0.15) is 11.5 Å². The van der Waals surface area contributed by atoms with E-state index in [0.29, 0.717) is 24.1 Å². The maximum Gasteiger partial charge on any atom is 0.322 e. The first-order chi connectivity index (χ1) is 9.10. The van der Waals surface area contributed by atoms with Gasteiger partial charge < -0.3 is 15.2 Å². The van der Waals surface area contributed by atoms with Gasteiger partial charge in [-0.1, -0.05) is 0 Å². The van der Waals surface area contributed by atoms with Crippen LogP contribution in [0.15, 0.2) is 24.3 Å². The molecule has 1 heterocycles. The summed E-state index contributed by atoms with van der Waals surface area (Å²) in [5.74, 6) is 1.31. The number of aromatic nitrogens is 2. The zero-order valence-corrected chi connectivity index (χ0v) is 11.3. The van der Waals surface area contributed by atoms with Crippen molar-refractivity contribution in [3.05, 3.63) is 41.2 Å². The molecule has 1 aromatic carbocycles. The molecule has 5 heteroatoms. The molecule has 2 aromatic rings. The van der Waals surface area contributed by atoms with E-state index in [-0.39, 0.29) is 0 Å². The first-order valence-electron chi connectivity index (χ1n) is 5.99. The van der Waals surface area contributed by atoms with Crippen LogP contribution in [0.2, 0.25) is 0 Å². The molecule has 2 rings (SSSR count). The predicted molar refractivity (Wildman–Crippen MR) is 72.5 cm³/mol. The minimum Gasteiger partial charge on any atom is -0.497 e. The zero-order valence-electron chi connectivity index (χ0n) is 11.3. The van der Waals surface area contributed by atoms with Gasteiger partial charge in [0.2, 0.25) is 0 Å². The minimum absolute atomic E-state index is 0.328. The number of hydrogen-bond acceptors (Lipinski definition) is 5. The van der Waals surface area contributed by atoms with Crippen LogP contribution in [0.25, 0.3) is 0 Å². The second-order valence-electron chi connectivity index (χ2n) is 4.26. The van der Waals surface area contributed by atoms with Crippen molar-refractivity contribution in [3.63, 3.8) is 0 Å². The lowest BCUT2D eigenvalue weighted by atomic mass is 10.2.